The zero-order valence-corrected chi connectivity index (χ0v) is 11.1. The average Bonchev–Trinajstić information content (AvgIpc) is 2.49. The molecule has 0 aromatic carbocycles. The van der Waals surface area contributed by atoms with E-state index in [-0.39, 0.29) is 6.10 Å². The maximum absolute atomic E-state index is 10.3. The quantitative estimate of drug-likeness (QED) is 0.818. The van der Waals surface area contributed by atoms with Gasteiger partial charge in [-0.2, -0.15) is 0 Å². The maximum Gasteiger partial charge on any atom is 0.107 e. The van der Waals surface area contributed by atoms with Crippen molar-refractivity contribution >= 4 is 0 Å². The molecule has 1 heterocycles. The second-order valence-corrected chi connectivity index (χ2v) is 4.69. The Hall–Kier alpha value is -0.760. The van der Waals surface area contributed by atoms with Crippen molar-refractivity contribution in [2.75, 3.05) is 0 Å². The van der Waals surface area contributed by atoms with Gasteiger partial charge in [0.25, 0.3) is 0 Å². The highest BCUT2D eigenvalue weighted by Gasteiger charge is 2.21. The molecule has 1 aromatic heterocycles. The molecule has 0 aliphatic rings. The summed E-state index contributed by atoms with van der Waals surface area (Å²) in [7, 11) is 0. The summed E-state index contributed by atoms with van der Waals surface area (Å²) in [6, 6.07) is 0. The van der Waals surface area contributed by atoms with Crippen molar-refractivity contribution < 1.29 is 9.52 Å². The summed E-state index contributed by atoms with van der Waals surface area (Å²) in [5, 5.41) is 10.3. The molecule has 0 aliphatic carbocycles. The van der Waals surface area contributed by atoms with Crippen LogP contribution in [-0.2, 0) is 0 Å². The molecule has 0 amide bonds. The molecule has 2 nitrogen and oxygen atoms in total. The molecular formula is C14H24O2. The van der Waals surface area contributed by atoms with Gasteiger partial charge in [0.15, 0.2) is 0 Å². The number of aryl methyl sites for hydroxylation is 2. The fraction of sp³-hybridized carbons (Fsp3) is 0.714. The summed E-state index contributed by atoms with van der Waals surface area (Å²) < 4.78 is 5.56. The topological polar surface area (TPSA) is 33.4 Å². The zero-order chi connectivity index (χ0) is 12.3. The average molecular weight is 224 g/mol. The summed E-state index contributed by atoms with van der Waals surface area (Å²) in [5.74, 6) is 2.40. The van der Waals surface area contributed by atoms with E-state index in [9.17, 15) is 5.11 Å². The lowest BCUT2D eigenvalue weighted by Gasteiger charge is -2.17. The van der Waals surface area contributed by atoms with Crippen LogP contribution in [-0.4, -0.2) is 5.11 Å². The van der Waals surface area contributed by atoms with Crippen LogP contribution in [0, 0.1) is 26.7 Å². The molecule has 0 fully saturated rings. The monoisotopic (exact) mass is 224 g/mol. The van der Waals surface area contributed by atoms with Gasteiger partial charge < -0.3 is 9.52 Å². The van der Waals surface area contributed by atoms with Crippen LogP contribution >= 0.6 is 0 Å². The van der Waals surface area contributed by atoms with Crippen LogP contribution in [0.15, 0.2) is 4.42 Å². The molecule has 0 saturated heterocycles. The van der Waals surface area contributed by atoms with Crippen LogP contribution in [0.2, 0.25) is 0 Å². The number of furan rings is 1. The number of aliphatic hydroxyl groups excluding tert-OH is 1. The van der Waals surface area contributed by atoms with Gasteiger partial charge >= 0.3 is 0 Å². The molecule has 2 heteroatoms. The Morgan fingerprint density at radius 1 is 1.06 bits per heavy atom. The first-order chi connectivity index (χ1) is 7.51. The minimum atomic E-state index is -0.373. The minimum absolute atomic E-state index is 0.373. The lowest BCUT2D eigenvalue weighted by atomic mass is 9.91. The van der Waals surface area contributed by atoms with E-state index in [1.807, 2.05) is 20.8 Å². The van der Waals surface area contributed by atoms with E-state index in [1.54, 1.807) is 0 Å². The van der Waals surface area contributed by atoms with Gasteiger partial charge in [-0.3, -0.25) is 0 Å². The van der Waals surface area contributed by atoms with Gasteiger partial charge in [0.2, 0.25) is 0 Å². The van der Waals surface area contributed by atoms with Crippen molar-refractivity contribution in [2.45, 2.75) is 60.0 Å². The third-order valence-corrected chi connectivity index (χ3v) is 3.66. The molecule has 0 aliphatic heterocycles. The standard InChI is InChI=1S/C14H24O2/c1-6-12(7-2)8-13(15)14-9(3)10(4)16-11(14)5/h12-13,15H,6-8H2,1-5H3. The fourth-order valence-corrected chi connectivity index (χ4v) is 2.36. The first-order valence-corrected chi connectivity index (χ1v) is 6.25. The summed E-state index contributed by atoms with van der Waals surface area (Å²) in [6.07, 6.45) is 2.72. The molecule has 1 atom stereocenters. The number of hydrogen-bond donors (Lipinski definition) is 1. The van der Waals surface area contributed by atoms with Gasteiger partial charge in [0.1, 0.15) is 11.5 Å². The van der Waals surface area contributed by atoms with Gasteiger partial charge in [0.05, 0.1) is 6.10 Å². The second-order valence-electron chi connectivity index (χ2n) is 4.69. The van der Waals surface area contributed by atoms with E-state index >= 15 is 0 Å². The number of rotatable bonds is 5. The molecule has 16 heavy (non-hydrogen) atoms. The van der Waals surface area contributed by atoms with Crippen LogP contribution in [0.4, 0.5) is 0 Å². The normalized spacial score (nSPS) is 13.4. The van der Waals surface area contributed by atoms with Crippen LogP contribution in [0.25, 0.3) is 0 Å². The van der Waals surface area contributed by atoms with Crippen molar-refractivity contribution in [3.05, 3.63) is 22.6 Å². The summed E-state index contributed by atoms with van der Waals surface area (Å²) >= 11 is 0. The van der Waals surface area contributed by atoms with Gasteiger partial charge in [0, 0.05) is 5.56 Å². The summed E-state index contributed by atoms with van der Waals surface area (Å²) in [4.78, 5) is 0. The van der Waals surface area contributed by atoms with Gasteiger partial charge in [-0.15, -0.1) is 0 Å². The predicted octanol–water partition coefficient (Wildman–Crippen LogP) is 4.06. The molecule has 1 N–H and O–H groups in total. The molecule has 1 aromatic rings. The van der Waals surface area contributed by atoms with E-state index < -0.39 is 0 Å². The lowest BCUT2D eigenvalue weighted by molar-refractivity contribution is 0.139. The first kappa shape index (κ1) is 13.3. The Balaban J connectivity index is 2.83. The highest BCUT2D eigenvalue weighted by molar-refractivity contribution is 5.33. The van der Waals surface area contributed by atoms with E-state index in [2.05, 4.69) is 13.8 Å². The smallest absolute Gasteiger partial charge is 0.107 e. The molecule has 0 spiro atoms. The largest absolute Gasteiger partial charge is 0.466 e. The predicted molar refractivity (Wildman–Crippen MR) is 66.6 cm³/mol. The Labute approximate surface area is 98.7 Å². The van der Waals surface area contributed by atoms with Crippen molar-refractivity contribution in [2.24, 2.45) is 5.92 Å². The van der Waals surface area contributed by atoms with E-state index in [0.717, 1.165) is 41.9 Å². The molecule has 1 rings (SSSR count). The lowest BCUT2D eigenvalue weighted by Crippen LogP contribution is -2.07. The Morgan fingerprint density at radius 2 is 1.62 bits per heavy atom. The van der Waals surface area contributed by atoms with Crippen molar-refractivity contribution in [1.82, 2.24) is 0 Å². The molecule has 0 radical (unpaired) electrons. The Bertz CT molecular complexity index is 335. The molecule has 0 saturated carbocycles. The fourth-order valence-electron chi connectivity index (χ4n) is 2.36. The van der Waals surface area contributed by atoms with Crippen LogP contribution in [0.5, 0.6) is 0 Å². The highest BCUT2D eigenvalue weighted by atomic mass is 16.3. The molecule has 0 bridgehead atoms. The Morgan fingerprint density at radius 3 is 2.00 bits per heavy atom. The third kappa shape index (κ3) is 2.67. The molecule has 92 valence electrons. The van der Waals surface area contributed by atoms with Crippen molar-refractivity contribution in [1.29, 1.82) is 0 Å². The minimum Gasteiger partial charge on any atom is -0.466 e. The van der Waals surface area contributed by atoms with E-state index in [4.69, 9.17) is 4.42 Å². The van der Waals surface area contributed by atoms with E-state index in [0.29, 0.717) is 5.92 Å². The van der Waals surface area contributed by atoms with E-state index in [1.165, 1.54) is 0 Å². The van der Waals surface area contributed by atoms with Gasteiger partial charge in [-0.1, -0.05) is 26.7 Å². The first-order valence-electron chi connectivity index (χ1n) is 6.25. The van der Waals surface area contributed by atoms with Crippen molar-refractivity contribution in [3.8, 4) is 0 Å². The SMILES string of the molecule is CCC(CC)CC(O)c1c(C)oc(C)c1C. The summed E-state index contributed by atoms with van der Waals surface area (Å²) in [6.45, 7) is 10.3. The van der Waals surface area contributed by atoms with Gasteiger partial charge in [-0.05, 0) is 38.7 Å². The maximum atomic E-state index is 10.3. The van der Waals surface area contributed by atoms with Crippen molar-refractivity contribution in [3.63, 3.8) is 0 Å². The zero-order valence-electron chi connectivity index (χ0n) is 11.1. The number of aliphatic hydroxyl groups is 1. The third-order valence-electron chi connectivity index (χ3n) is 3.66. The highest BCUT2D eigenvalue weighted by Crippen LogP contribution is 2.32. The van der Waals surface area contributed by atoms with Gasteiger partial charge in [-0.25, -0.2) is 0 Å². The van der Waals surface area contributed by atoms with Crippen LogP contribution in [0.3, 0.4) is 0 Å². The van der Waals surface area contributed by atoms with Crippen LogP contribution in [0.1, 0.15) is 61.9 Å². The second kappa shape index (κ2) is 5.53. The summed E-state index contributed by atoms with van der Waals surface area (Å²) in [5.41, 5.74) is 2.11. The Kier molecular flexibility index (Phi) is 4.60. The number of hydrogen-bond acceptors (Lipinski definition) is 2. The molecule has 1 unspecified atom stereocenters. The molecular weight excluding hydrogens is 200 g/mol. The van der Waals surface area contributed by atoms with Crippen LogP contribution < -0.4 is 0 Å².